The van der Waals surface area contributed by atoms with Crippen LogP contribution in [0.4, 0.5) is 0 Å². The van der Waals surface area contributed by atoms with Crippen LogP contribution in [0.5, 0.6) is 5.75 Å². The Labute approximate surface area is 168 Å². The fourth-order valence-electron chi connectivity index (χ4n) is 4.74. The minimum absolute atomic E-state index is 0.0393. The number of hydrogen-bond donors (Lipinski definition) is 3. The van der Waals surface area contributed by atoms with E-state index in [1.807, 2.05) is 19.9 Å². The highest BCUT2D eigenvalue weighted by molar-refractivity contribution is 5.78. The predicted octanol–water partition coefficient (Wildman–Crippen LogP) is 0.575. The average molecular weight is 392 g/mol. The van der Waals surface area contributed by atoms with Crippen molar-refractivity contribution in [2.45, 2.75) is 39.7 Å². The molecule has 0 spiro atoms. The summed E-state index contributed by atoms with van der Waals surface area (Å²) < 4.78 is 10.9. The van der Waals surface area contributed by atoms with Crippen molar-refractivity contribution in [3.05, 3.63) is 28.3 Å². The Hall–Kier alpha value is -1.63. The summed E-state index contributed by atoms with van der Waals surface area (Å²) in [5.74, 6) is 0.543. The number of rotatable bonds is 6. The van der Waals surface area contributed by atoms with Crippen molar-refractivity contribution in [3.8, 4) is 5.75 Å². The molecule has 1 saturated heterocycles. The zero-order valence-corrected chi connectivity index (χ0v) is 17.6. The minimum atomic E-state index is -0.636. The number of fused-ring (bicyclic) bond motifs is 1. The van der Waals surface area contributed by atoms with Gasteiger partial charge in [0, 0.05) is 11.8 Å². The van der Waals surface area contributed by atoms with E-state index in [1.165, 1.54) is 10.5 Å². The van der Waals surface area contributed by atoms with Gasteiger partial charge < -0.3 is 24.8 Å². The van der Waals surface area contributed by atoms with Crippen LogP contribution >= 0.6 is 0 Å². The lowest BCUT2D eigenvalue weighted by Gasteiger charge is -2.36. The normalized spacial score (nSPS) is 23.8. The standard InChI is InChI=1S/C22H34N2O4/c1-14-13-19(27-4)16(3)20-17(14)5-6-18(21(20)25)15(2)22(26)23-7-8-24-9-11-28-12-10-24/h13,15,18,21,25H,5-12H2,1-4H3,(H,23,26)/p+1/t15-,18+,21+/m0/s1. The number of methoxy groups -OCH3 is 1. The molecule has 1 aliphatic heterocycles. The van der Waals surface area contributed by atoms with Gasteiger partial charge in [-0.15, -0.1) is 0 Å². The Bertz CT molecular complexity index is 700. The van der Waals surface area contributed by atoms with E-state index in [1.54, 1.807) is 7.11 Å². The van der Waals surface area contributed by atoms with Crippen LogP contribution in [0, 0.1) is 25.7 Å². The second kappa shape index (κ2) is 9.25. The molecule has 1 aromatic rings. The van der Waals surface area contributed by atoms with Crippen molar-refractivity contribution in [1.29, 1.82) is 0 Å². The highest BCUT2D eigenvalue weighted by Crippen LogP contribution is 2.43. The second-order valence-electron chi connectivity index (χ2n) is 8.25. The zero-order chi connectivity index (χ0) is 20.3. The van der Waals surface area contributed by atoms with E-state index < -0.39 is 6.10 Å². The molecule has 0 aromatic heterocycles. The van der Waals surface area contributed by atoms with E-state index in [0.29, 0.717) is 6.54 Å². The quantitative estimate of drug-likeness (QED) is 0.663. The minimum Gasteiger partial charge on any atom is -0.496 e. The van der Waals surface area contributed by atoms with Crippen molar-refractivity contribution in [2.24, 2.45) is 11.8 Å². The molecule has 156 valence electrons. The van der Waals surface area contributed by atoms with Gasteiger partial charge in [0.05, 0.1) is 39.5 Å². The molecule has 3 atom stereocenters. The van der Waals surface area contributed by atoms with Crippen molar-refractivity contribution in [1.82, 2.24) is 5.32 Å². The Balaban J connectivity index is 1.64. The monoisotopic (exact) mass is 391 g/mol. The van der Waals surface area contributed by atoms with Gasteiger partial charge >= 0.3 is 0 Å². The van der Waals surface area contributed by atoms with E-state index in [0.717, 1.165) is 68.1 Å². The number of ether oxygens (including phenoxy) is 2. The molecule has 1 heterocycles. The van der Waals surface area contributed by atoms with Crippen LogP contribution in [-0.4, -0.2) is 57.5 Å². The molecule has 1 aliphatic carbocycles. The van der Waals surface area contributed by atoms with Crippen molar-refractivity contribution < 1.29 is 24.3 Å². The first-order chi connectivity index (χ1) is 13.4. The highest BCUT2D eigenvalue weighted by atomic mass is 16.5. The molecule has 0 unspecified atom stereocenters. The van der Waals surface area contributed by atoms with Gasteiger partial charge in [-0.05, 0) is 55.0 Å². The average Bonchev–Trinajstić information content (AvgIpc) is 2.70. The summed E-state index contributed by atoms with van der Waals surface area (Å²) in [6, 6.07) is 2.05. The molecular weight excluding hydrogens is 356 g/mol. The summed E-state index contributed by atoms with van der Waals surface area (Å²) in [4.78, 5) is 14.2. The first-order valence-corrected chi connectivity index (χ1v) is 10.5. The first kappa shape index (κ1) is 21.1. The van der Waals surface area contributed by atoms with Crippen LogP contribution in [0.1, 0.15) is 41.7 Å². The maximum absolute atomic E-state index is 12.7. The lowest BCUT2D eigenvalue weighted by Crippen LogP contribution is -3.14. The number of nitrogens with one attached hydrogen (secondary N) is 2. The van der Waals surface area contributed by atoms with Gasteiger partial charge in [0.1, 0.15) is 18.8 Å². The predicted molar refractivity (Wildman–Crippen MR) is 108 cm³/mol. The summed E-state index contributed by atoms with van der Waals surface area (Å²) in [5, 5.41) is 14.2. The maximum atomic E-state index is 12.7. The number of benzene rings is 1. The fourth-order valence-corrected chi connectivity index (χ4v) is 4.74. The molecule has 3 rings (SSSR count). The van der Waals surface area contributed by atoms with E-state index in [4.69, 9.17) is 9.47 Å². The number of morpholine rings is 1. The third-order valence-electron chi connectivity index (χ3n) is 6.60. The van der Waals surface area contributed by atoms with Gasteiger partial charge in [0.15, 0.2) is 0 Å². The summed E-state index contributed by atoms with van der Waals surface area (Å²) in [7, 11) is 1.66. The number of quaternary nitrogens is 1. The molecule has 1 fully saturated rings. The summed E-state index contributed by atoms with van der Waals surface area (Å²) in [5.41, 5.74) is 4.32. The molecule has 2 aliphatic rings. The molecule has 28 heavy (non-hydrogen) atoms. The van der Waals surface area contributed by atoms with Crippen LogP contribution in [0.3, 0.4) is 0 Å². The van der Waals surface area contributed by atoms with Gasteiger partial charge in [0.2, 0.25) is 5.91 Å². The van der Waals surface area contributed by atoms with Crippen molar-refractivity contribution >= 4 is 5.91 Å². The fraction of sp³-hybridized carbons (Fsp3) is 0.682. The molecule has 1 aromatic carbocycles. The van der Waals surface area contributed by atoms with Crippen LogP contribution in [-0.2, 0) is 16.0 Å². The maximum Gasteiger partial charge on any atom is 0.223 e. The molecule has 6 heteroatoms. The molecule has 0 saturated carbocycles. The largest absolute Gasteiger partial charge is 0.496 e. The van der Waals surface area contributed by atoms with Crippen molar-refractivity contribution in [3.63, 3.8) is 0 Å². The highest BCUT2D eigenvalue weighted by Gasteiger charge is 2.37. The van der Waals surface area contributed by atoms with E-state index in [-0.39, 0.29) is 17.7 Å². The number of carbonyl (C=O) groups is 1. The van der Waals surface area contributed by atoms with E-state index >= 15 is 0 Å². The van der Waals surface area contributed by atoms with E-state index in [2.05, 4.69) is 12.2 Å². The summed E-state index contributed by atoms with van der Waals surface area (Å²) >= 11 is 0. The Kier molecular flexibility index (Phi) is 6.96. The Morgan fingerprint density at radius 1 is 1.39 bits per heavy atom. The number of aryl methyl sites for hydroxylation is 1. The first-order valence-electron chi connectivity index (χ1n) is 10.5. The number of hydrogen-bond acceptors (Lipinski definition) is 4. The van der Waals surface area contributed by atoms with Crippen LogP contribution in [0.15, 0.2) is 6.07 Å². The van der Waals surface area contributed by atoms with Gasteiger partial charge in [-0.3, -0.25) is 4.79 Å². The third kappa shape index (κ3) is 4.34. The second-order valence-corrected chi connectivity index (χ2v) is 8.25. The number of carbonyl (C=O) groups excluding carboxylic acids is 1. The third-order valence-corrected chi connectivity index (χ3v) is 6.60. The number of amides is 1. The topological polar surface area (TPSA) is 72.2 Å². The summed E-state index contributed by atoms with van der Waals surface area (Å²) in [6.07, 6.45) is 1.08. The number of aliphatic hydroxyl groups is 1. The van der Waals surface area contributed by atoms with Crippen LogP contribution in [0.25, 0.3) is 0 Å². The number of aliphatic hydroxyl groups excluding tert-OH is 1. The molecule has 0 radical (unpaired) electrons. The van der Waals surface area contributed by atoms with Crippen LogP contribution < -0.4 is 15.0 Å². The Morgan fingerprint density at radius 2 is 2.11 bits per heavy atom. The van der Waals surface area contributed by atoms with Gasteiger partial charge in [0.25, 0.3) is 0 Å². The lowest BCUT2D eigenvalue weighted by atomic mass is 9.72. The van der Waals surface area contributed by atoms with Gasteiger partial charge in [-0.2, -0.15) is 0 Å². The molecule has 0 bridgehead atoms. The van der Waals surface area contributed by atoms with Gasteiger partial charge in [-0.1, -0.05) is 6.92 Å². The molecule has 1 amide bonds. The zero-order valence-electron chi connectivity index (χ0n) is 17.6. The SMILES string of the molecule is COc1cc(C)c2c(c1C)[C@H](O)[C@@H]([C@H](C)C(=O)NCC[NH+]1CCOCC1)CC2. The Morgan fingerprint density at radius 3 is 2.79 bits per heavy atom. The molecular formula is C22H35N2O4+. The lowest BCUT2D eigenvalue weighted by molar-refractivity contribution is -0.906. The molecule has 6 nitrogen and oxygen atoms in total. The van der Waals surface area contributed by atoms with Crippen molar-refractivity contribution in [2.75, 3.05) is 46.5 Å². The van der Waals surface area contributed by atoms with Crippen LogP contribution in [0.2, 0.25) is 0 Å². The van der Waals surface area contributed by atoms with Gasteiger partial charge in [-0.25, -0.2) is 0 Å². The van der Waals surface area contributed by atoms with E-state index in [9.17, 15) is 9.90 Å². The molecule has 3 N–H and O–H groups in total. The smallest absolute Gasteiger partial charge is 0.223 e. The summed E-state index contributed by atoms with van der Waals surface area (Å²) in [6.45, 7) is 11.2.